The number of hydrogen-bond donors (Lipinski definition) is 1. The zero-order valence-electron chi connectivity index (χ0n) is 15.3. The van der Waals surface area contributed by atoms with Gasteiger partial charge in [-0.1, -0.05) is 75.0 Å². The van der Waals surface area contributed by atoms with E-state index in [0.29, 0.717) is 0 Å². The average Bonchev–Trinajstić information content (AvgIpc) is 2.64. The number of nitrogens with zero attached hydrogens (tertiary/aromatic N) is 1. The van der Waals surface area contributed by atoms with Crippen molar-refractivity contribution in [3.8, 4) is 0 Å². The van der Waals surface area contributed by atoms with Crippen LogP contribution in [0.1, 0.15) is 32.4 Å². The Kier molecular flexibility index (Phi) is 5.63. The van der Waals surface area contributed by atoms with Crippen LogP contribution in [0.25, 0.3) is 10.8 Å². The summed E-state index contributed by atoms with van der Waals surface area (Å²) in [5.74, 6) is 0. The van der Waals surface area contributed by atoms with Crippen LogP contribution >= 0.6 is 11.8 Å². The third-order valence-electron chi connectivity index (χ3n) is 4.20. The molecule has 1 aromatic heterocycles. The van der Waals surface area contributed by atoms with Gasteiger partial charge in [0.2, 0.25) is 0 Å². The lowest BCUT2D eigenvalue weighted by Crippen LogP contribution is -2.16. The molecule has 26 heavy (non-hydrogen) atoms. The van der Waals surface area contributed by atoms with Gasteiger partial charge < -0.3 is 5.11 Å². The molecule has 0 aliphatic heterocycles. The maximum absolute atomic E-state index is 11.0. The van der Waals surface area contributed by atoms with Crippen LogP contribution in [0.3, 0.4) is 0 Å². The highest BCUT2D eigenvalue weighted by Crippen LogP contribution is 2.36. The standard InChI is InChI=1S/C23H23NOS/c1-23(2,3)20(13-15-26-21-10-6-7-14-24-21)22(25)19-12-11-17-8-4-5-9-18(17)16-19/h4-12,14-16,22,25H,1-3H3/t13?,22-/m1/s1. The average molecular weight is 362 g/mol. The Morgan fingerprint density at radius 3 is 2.46 bits per heavy atom. The minimum atomic E-state index is -0.694. The normalized spacial score (nSPS) is 12.5. The van der Waals surface area contributed by atoms with E-state index in [-0.39, 0.29) is 5.41 Å². The SMILES string of the molecule is CC(C)(C)C(=C=CSc1ccccn1)[C@H](O)c1ccc2ccccc2c1. The predicted molar refractivity (Wildman–Crippen MR) is 110 cm³/mol. The largest absolute Gasteiger partial charge is 0.383 e. The minimum Gasteiger partial charge on any atom is -0.383 e. The Labute approximate surface area is 159 Å². The molecule has 0 unspecified atom stereocenters. The van der Waals surface area contributed by atoms with Crippen molar-refractivity contribution in [3.05, 3.63) is 89.1 Å². The topological polar surface area (TPSA) is 33.1 Å². The fraction of sp³-hybridized carbons (Fsp3) is 0.217. The van der Waals surface area contributed by atoms with Gasteiger partial charge in [-0.15, -0.1) is 5.73 Å². The van der Waals surface area contributed by atoms with Crippen LogP contribution in [0.4, 0.5) is 0 Å². The van der Waals surface area contributed by atoms with Crippen molar-refractivity contribution in [3.63, 3.8) is 0 Å². The zero-order valence-corrected chi connectivity index (χ0v) is 16.1. The van der Waals surface area contributed by atoms with Crippen LogP contribution in [0.5, 0.6) is 0 Å². The van der Waals surface area contributed by atoms with Gasteiger partial charge in [-0.2, -0.15) is 0 Å². The fourth-order valence-electron chi connectivity index (χ4n) is 2.82. The molecule has 1 atom stereocenters. The van der Waals surface area contributed by atoms with Crippen molar-refractivity contribution >= 4 is 22.5 Å². The molecule has 3 aromatic rings. The first-order valence-corrected chi connectivity index (χ1v) is 9.53. The Morgan fingerprint density at radius 2 is 1.77 bits per heavy atom. The molecule has 0 radical (unpaired) electrons. The van der Waals surface area contributed by atoms with E-state index in [1.807, 2.05) is 41.8 Å². The number of aliphatic hydroxyl groups excluding tert-OH is 1. The molecule has 3 heteroatoms. The minimum absolute atomic E-state index is 0.202. The summed E-state index contributed by atoms with van der Waals surface area (Å²) in [7, 11) is 0. The molecule has 2 aromatic carbocycles. The fourth-order valence-corrected chi connectivity index (χ4v) is 3.41. The summed E-state index contributed by atoms with van der Waals surface area (Å²) in [6.45, 7) is 6.29. The molecule has 0 saturated heterocycles. The number of rotatable bonds is 4. The van der Waals surface area contributed by atoms with Crippen molar-refractivity contribution in [2.45, 2.75) is 31.9 Å². The molecule has 3 rings (SSSR count). The Hall–Kier alpha value is -2.32. The lowest BCUT2D eigenvalue weighted by atomic mass is 9.81. The van der Waals surface area contributed by atoms with Crippen molar-refractivity contribution in [2.24, 2.45) is 5.41 Å². The molecule has 2 nitrogen and oxygen atoms in total. The first-order valence-electron chi connectivity index (χ1n) is 8.65. The highest BCUT2D eigenvalue weighted by molar-refractivity contribution is 8.02. The van der Waals surface area contributed by atoms with Gasteiger partial charge in [0.05, 0.1) is 0 Å². The Bertz CT molecular complexity index is 951. The number of hydrogen-bond acceptors (Lipinski definition) is 3. The highest BCUT2D eigenvalue weighted by Gasteiger charge is 2.25. The second-order valence-corrected chi connectivity index (χ2v) is 8.11. The van der Waals surface area contributed by atoms with E-state index in [1.54, 1.807) is 6.20 Å². The van der Waals surface area contributed by atoms with Gasteiger partial charge in [0.25, 0.3) is 0 Å². The van der Waals surface area contributed by atoms with E-state index in [1.165, 1.54) is 17.1 Å². The van der Waals surface area contributed by atoms with Gasteiger partial charge in [-0.25, -0.2) is 4.98 Å². The van der Waals surface area contributed by atoms with E-state index in [4.69, 9.17) is 0 Å². The first-order chi connectivity index (χ1) is 12.4. The number of aromatic nitrogens is 1. The quantitative estimate of drug-likeness (QED) is 0.447. The monoisotopic (exact) mass is 361 g/mol. The summed E-state index contributed by atoms with van der Waals surface area (Å²) >= 11 is 1.50. The van der Waals surface area contributed by atoms with Gasteiger partial charge in [-0.05, 0) is 39.9 Å². The van der Waals surface area contributed by atoms with Crippen molar-refractivity contribution < 1.29 is 5.11 Å². The molecule has 0 aliphatic rings. The molecule has 0 amide bonds. The molecular formula is C23H23NOS. The van der Waals surface area contributed by atoms with Crippen molar-refractivity contribution in [1.82, 2.24) is 4.98 Å². The lowest BCUT2D eigenvalue weighted by Gasteiger charge is -2.26. The predicted octanol–water partition coefficient (Wildman–Crippen LogP) is 6.15. The van der Waals surface area contributed by atoms with Gasteiger partial charge in [0.15, 0.2) is 0 Å². The molecule has 0 aliphatic carbocycles. The third kappa shape index (κ3) is 4.44. The summed E-state index contributed by atoms with van der Waals surface area (Å²) in [5, 5.41) is 16.1. The van der Waals surface area contributed by atoms with Gasteiger partial charge in [0.1, 0.15) is 11.1 Å². The molecule has 1 heterocycles. The van der Waals surface area contributed by atoms with E-state index >= 15 is 0 Å². The summed E-state index contributed by atoms with van der Waals surface area (Å²) in [4.78, 5) is 4.29. The van der Waals surface area contributed by atoms with Gasteiger partial charge >= 0.3 is 0 Å². The number of pyridine rings is 1. The molecular weight excluding hydrogens is 338 g/mol. The van der Waals surface area contributed by atoms with Gasteiger partial charge in [0, 0.05) is 17.2 Å². The van der Waals surface area contributed by atoms with Crippen LogP contribution in [-0.4, -0.2) is 10.1 Å². The maximum atomic E-state index is 11.0. The molecule has 1 N–H and O–H groups in total. The van der Waals surface area contributed by atoms with E-state index in [0.717, 1.165) is 21.5 Å². The lowest BCUT2D eigenvalue weighted by molar-refractivity contribution is 0.189. The molecule has 0 bridgehead atoms. The van der Waals surface area contributed by atoms with E-state index < -0.39 is 6.10 Å². The van der Waals surface area contributed by atoms with Gasteiger partial charge in [-0.3, -0.25) is 0 Å². The second kappa shape index (κ2) is 7.92. The van der Waals surface area contributed by atoms with Crippen molar-refractivity contribution in [2.75, 3.05) is 0 Å². The smallest absolute Gasteiger partial charge is 0.108 e. The number of thioether (sulfide) groups is 1. The van der Waals surface area contributed by atoms with E-state index in [2.05, 4.69) is 55.8 Å². The third-order valence-corrected chi connectivity index (χ3v) is 4.92. The summed E-state index contributed by atoms with van der Waals surface area (Å²) < 4.78 is 0. The number of benzene rings is 2. The molecule has 0 spiro atoms. The molecule has 132 valence electrons. The highest BCUT2D eigenvalue weighted by atomic mass is 32.2. The summed E-state index contributed by atoms with van der Waals surface area (Å²) in [6.07, 6.45) is 1.08. The maximum Gasteiger partial charge on any atom is 0.108 e. The second-order valence-electron chi connectivity index (χ2n) is 7.22. The van der Waals surface area contributed by atoms with E-state index in [9.17, 15) is 5.11 Å². The van der Waals surface area contributed by atoms with Crippen LogP contribution in [0.15, 0.2) is 88.6 Å². The van der Waals surface area contributed by atoms with Crippen molar-refractivity contribution in [1.29, 1.82) is 0 Å². The first kappa shape index (κ1) is 18.5. The summed E-state index contributed by atoms with van der Waals surface area (Å²) in [5.41, 5.74) is 4.86. The molecule has 0 fully saturated rings. The molecule has 0 saturated carbocycles. The van der Waals surface area contributed by atoms with Crippen LogP contribution in [0.2, 0.25) is 0 Å². The number of fused-ring (bicyclic) bond motifs is 1. The van der Waals surface area contributed by atoms with Crippen LogP contribution in [-0.2, 0) is 0 Å². The number of aliphatic hydroxyl groups is 1. The Morgan fingerprint density at radius 1 is 1.04 bits per heavy atom. The van der Waals surface area contributed by atoms with Crippen LogP contribution < -0.4 is 0 Å². The zero-order chi connectivity index (χ0) is 18.6. The van der Waals surface area contributed by atoms with Crippen LogP contribution in [0, 0.1) is 5.41 Å². The Balaban J connectivity index is 1.94. The summed E-state index contributed by atoms with van der Waals surface area (Å²) in [6, 6.07) is 20.1.